The molecular formula is C11H7Cl4NO2. The Balaban J connectivity index is 2.72. The molecule has 2 amide bonds. The van der Waals surface area contributed by atoms with Gasteiger partial charge < -0.3 is 0 Å². The van der Waals surface area contributed by atoms with Crippen LogP contribution in [0, 0.1) is 0 Å². The first-order chi connectivity index (χ1) is 8.41. The van der Waals surface area contributed by atoms with Crippen molar-refractivity contribution >= 4 is 58.2 Å². The van der Waals surface area contributed by atoms with Gasteiger partial charge in [-0.15, -0.1) is 0 Å². The molecule has 96 valence electrons. The smallest absolute Gasteiger partial charge is 0.263 e. The van der Waals surface area contributed by atoms with Crippen molar-refractivity contribution in [2.75, 3.05) is 6.54 Å². The second-order valence-electron chi connectivity index (χ2n) is 3.77. The molecule has 0 N–H and O–H groups in total. The Kier molecular flexibility index (Phi) is 3.79. The van der Waals surface area contributed by atoms with Gasteiger partial charge in [0.2, 0.25) is 0 Å². The minimum Gasteiger partial charge on any atom is -0.274 e. The summed E-state index contributed by atoms with van der Waals surface area (Å²) in [6.45, 7) is 2.15. The van der Waals surface area contributed by atoms with Gasteiger partial charge >= 0.3 is 0 Å². The molecule has 1 aromatic carbocycles. The van der Waals surface area contributed by atoms with E-state index in [-0.39, 0.29) is 31.2 Å². The van der Waals surface area contributed by atoms with Gasteiger partial charge in [0.1, 0.15) is 0 Å². The van der Waals surface area contributed by atoms with Crippen LogP contribution in [0.3, 0.4) is 0 Å². The molecule has 0 radical (unpaired) electrons. The normalized spacial score (nSPS) is 14.4. The highest BCUT2D eigenvalue weighted by Crippen LogP contribution is 2.44. The summed E-state index contributed by atoms with van der Waals surface area (Å²) in [5.41, 5.74) is 0.0732. The molecule has 0 spiro atoms. The molecule has 7 heteroatoms. The van der Waals surface area contributed by atoms with E-state index in [0.717, 1.165) is 4.90 Å². The van der Waals surface area contributed by atoms with Crippen LogP contribution in [-0.4, -0.2) is 23.3 Å². The maximum absolute atomic E-state index is 12.1. The number of benzene rings is 1. The van der Waals surface area contributed by atoms with Crippen LogP contribution in [0.1, 0.15) is 34.1 Å². The Morgan fingerprint density at radius 2 is 1.22 bits per heavy atom. The van der Waals surface area contributed by atoms with Crippen LogP contribution in [0.15, 0.2) is 0 Å². The van der Waals surface area contributed by atoms with E-state index in [1.807, 2.05) is 6.92 Å². The van der Waals surface area contributed by atoms with Gasteiger partial charge in [-0.25, -0.2) is 0 Å². The molecule has 2 rings (SSSR count). The van der Waals surface area contributed by atoms with Crippen molar-refractivity contribution < 1.29 is 9.59 Å². The molecule has 0 fully saturated rings. The van der Waals surface area contributed by atoms with Crippen LogP contribution in [-0.2, 0) is 0 Å². The van der Waals surface area contributed by atoms with Crippen molar-refractivity contribution in [1.82, 2.24) is 4.90 Å². The molecule has 0 unspecified atom stereocenters. The molecule has 1 aliphatic rings. The maximum Gasteiger partial charge on any atom is 0.263 e. The first kappa shape index (κ1) is 13.9. The number of hydrogen-bond acceptors (Lipinski definition) is 2. The van der Waals surface area contributed by atoms with Crippen molar-refractivity contribution in [1.29, 1.82) is 0 Å². The quantitative estimate of drug-likeness (QED) is 0.461. The summed E-state index contributed by atoms with van der Waals surface area (Å²) in [5.74, 6) is -0.968. The minimum absolute atomic E-state index is 0.0124. The average molecular weight is 327 g/mol. The SMILES string of the molecule is CCCN1C(=O)c2c(Cl)c(Cl)c(Cl)c(Cl)c2C1=O. The van der Waals surface area contributed by atoms with Crippen LogP contribution >= 0.6 is 46.4 Å². The lowest BCUT2D eigenvalue weighted by Crippen LogP contribution is -2.30. The van der Waals surface area contributed by atoms with Gasteiger partial charge in [0.25, 0.3) is 11.8 Å². The molecule has 0 aromatic heterocycles. The molecule has 18 heavy (non-hydrogen) atoms. The number of hydrogen-bond donors (Lipinski definition) is 0. The van der Waals surface area contributed by atoms with Gasteiger partial charge in [-0.3, -0.25) is 14.5 Å². The Morgan fingerprint density at radius 3 is 1.56 bits per heavy atom. The molecule has 0 aliphatic carbocycles. The molecule has 0 saturated heterocycles. The van der Waals surface area contributed by atoms with Gasteiger partial charge in [0.15, 0.2) is 0 Å². The van der Waals surface area contributed by atoms with Gasteiger partial charge in [-0.2, -0.15) is 0 Å². The number of carbonyl (C=O) groups is 2. The van der Waals surface area contributed by atoms with Crippen LogP contribution in [0.2, 0.25) is 20.1 Å². The number of nitrogens with zero attached hydrogens (tertiary/aromatic N) is 1. The lowest BCUT2D eigenvalue weighted by molar-refractivity contribution is 0.0654. The molecule has 1 heterocycles. The van der Waals surface area contributed by atoms with Gasteiger partial charge in [0, 0.05) is 6.54 Å². The van der Waals surface area contributed by atoms with Crippen molar-refractivity contribution in [2.45, 2.75) is 13.3 Å². The monoisotopic (exact) mass is 325 g/mol. The van der Waals surface area contributed by atoms with E-state index < -0.39 is 11.8 Å². The largest absolute Gasteiger partial charge is 0.274 e. The van der Waals surface area contributed by atoms with E-state index >= 15 is 0 Å². The number of rotatable bonds is 2. The Labute approximate surface area is 124 Å². The van der Waals surface area contributed by atoms with E-state index in [1.54, 1.807) is 0 Å². The summed E-state index contributed by atoms with van der Waals surface area (Å²) >= 11 is 23.7. The number of fused-ring (bicyclic) bond motifs is 1. The zero-order chi connectivity index (χ0) is 13.6. The predicted octanol–water partition coefficient (Wildman–Crippen LogP) is 4.31. The Morgan fingerprint density at radius 1 is 0.833 bits per heavy atom. The number of carbonyl (C=O) groups excluding carboxylic acids is 2. The molecule has 3 nitrogen and oxygen atoms in total. The molecular weight excluding hydrogens is 320 g/mol. The van der Waals surface area contributed by atoms with Crippen molar-refractivity contribution in [3.05, 3.63) is 31.2 Å². The summed E-state index contributed by atoms with van der Waals surface area (Å²) in [5, 5.41) is -0.0841. The van der Waals surface area contributed by atoms with Crippen LogP contribution in [0.4, 0.5) is 0 Å². The first-order valence-electron chi connectivity index (χ1n) is 5.13. The summed E-state index contributed by atoms with van der Waals surface area (Å²) in [4.78, 5) is 25.3. The highest BCUT2D eigenvalue weighted by molar-refractivity contribution is 6.55. The van der Waals surface area contributed by atoms with Gasteiger partial charge in [0.05, 0.1) is 31.2 Å². The van der Waals surface area contributed by atoms with Gasteiger partial charge in [-0.1, -0.05) is 53.3 Å². The minimum atomic E-state index is -0.484. The molecule has 0 saturated carbocycles. The summed E-state index contributed by atoms with van der Waals surface area (Å²) in [7, 11) is 0. The zero-order valence-corrected chi connectivity index (χ0v) is 12.2. The number of halogens is 4. The molecule has 0 bridgehead atoms. The second-order valence-corrected chi connectivity index (χ2v) is 5.28. The van der Waals surface area contributed by atoms with Crippen molar-refractivity contribution in [3.63, 3.8) is 0 Å². The second kappa shape index (κ2) is 4.89. The van der Waals surface area contributed by atoms with E-state index in [9.17, 15) is 9.59 Å². The average Bonchev–Trinajstić information content (AvgIpc) is 2.59. The van der Waals surface area contributed by atoms with Gasteiger partial charge in [-0.05, 0) is 6.42 Å². The molecule has 1 aromatic rings. The van der Waals surface area contributed by atoms with E-state index in [4.69, 9.17) is 46.4 Å². The fraction of sp³-hybridized carbons (Fsp3) is 0.273. The summed E-state index contributed by atoms with van der Waals surface area (Å²) < 4.78 is 0. The third-order valence-corrected chi connectivity index (χ3v) is 4.43. The highest BCUT2D eigenvalue weighted by Gasteiger charge is 2.40. The summed E-state index contributed by atoms with van der Waals surface area (Å²) in [6.07, 6.45) is 0.641. The molecule has 0 atom stereocenters. The topological polar surface area (TPSA) is 37.4 Å². The fourth-order valence-corrected chi connectivity index (χ4v) is 2.84. The first-order valence-corrected chi connectivity index (χ1v) is 6.65. The van der Waals surface area contributed by atoms with Crippen molar-refractivity contribution in [3.8, 4) is 0 Å². The standard InChI is InChI=1S/C11H7Cl4NO2/c1-2-3-16-10(17)4-5(11(16)18)7(13)9(15)8(14)6(4)12/h2-3H2,1H3. The van der Waals surface area contributed by atoms with Crippen molar-refractivity contribution in [2.24, 2.45) is 0 Å². The highest BCUT2D eigenvalue weighted by atomic mass is 35.5. The van der Waals surface area contributed by atoms with E-state index in [2.05, 4.69) is 0 Å². The fourth-order valence-electron chi connectivity index (χ4n) is 1.82. The lowest BCUT2D eigenvalue weighted by atomic mass is 10.1. The Hall–Kier alpha value is -0.480. The number of amides is 2. The maximum atomic E-state index is 12.1. The summed E-state index contributed by atoms with van der Waals surface area (Å²) in [6, 6.07) is 0. The van der Waals surface area contributed by atoms with Crippen LogP contribution < -0.4 is 0 Å². The van der Waals surface area contributed by atoms with Crippen LogP contribution in [0.5, 0.6) is 0 Å². The molecule has 1 aliphatic heterocycles. The van der Waals surface area contributed by atoms with Crippen LogP contribution in [0.25, 0.3) is 0 Å². The zero-order valence-electron chi connectivity index (χ0n) is 9.19. The third kappa shape index (κ3) is 1.81. The third-order valence-electron chi connectivity index (χ3n) is 2.63. The van der Waals surface area contributed by atoms with E-state index in [1.165, 1.54) is 0 Å². The Bertz CT molecular complexity index is 524. The van der Waals surface area contributed by atoms with E-state index in [0.29, 0.717) is 13.0 Å². The number of imide groups is 1. The lowest BCUT2D eigenvalue weighted by Gasteiger charge is -2.11. The predicted molar refractivity (Wildman–Crippen MR) is 72.1 cm³/mol.